The fourth-order valence-electron chi connectivity index (χ4n) is 3.37. The van der Waals surface area contributed by atoms with Crippen LogP contribution < -0.4 is 15.0 Å². The van der Waals surface area contributed by atoms with E-state index in [1.54, 1.807) is 29.2 Å². The number of ketones is 1. The van der Waals surface area contributed by atoms with Gasteiger partial charge < -0.3 is 15.0 Å². The molecule has 6 heteroatoms. The molecule has 1 aliphatic heterocycles. The molecule has 0 bridgehead atoms. The summed E-state index contributed by atoms with van der Waals surface area (Å²) >= 11 is 0. The Morgan fingerprint density at radius 2 is 1.90 bits per heavy atom. The first kappa shape index (κ1) is 20.6. The van der Waals surface area contributed by atoms with E-state index in [1.165, 1.54) is 6.92 Å². The van der Waals surface area contributed by atoms with Gasteiger partial charge in [0.05, 0.1) is 6.61 Å². The molecule has 0 unspecified atom stereocenters. The third kappa shape index (κ3) is 5.44. The summed E-state index contributed by atoms with van der Waals surface area (Å²) in [4.78, 5) is 37.2. The summed E-state index contributed by atoms with van der Waals surface area (Å²) in [5.74, 6) is 0.771. The molecule has 29 heavy (non-hydrogen) atoms. The highest BCUT2D eigenvalue weighted by atomic mass is 16.5. The van der Waals surface area contributed by atoms with E-state index in [0.29, 0.717) is 37.2 Å². The molecule has 3 rings (SSSR count). The molecule has 2 aromatic rings. The van der Waals surface area contributed by atoms with Gasteiger partial charge in [-0.2, -0.15) is 0 Å². The first-order chi connectivity index (χ1) is 13.9. The lowest BCUT2D eigenvalue weighted by atomic mass is 10.1. The van der Waals surface area contributed by atoms with Crippen molar-refractivity contribution in [3.63, 3.8) is 0 Å². The Labute approximate surface area is 170 Å². The number of rotatable bonds is 8. The molecule has 0 saturated carbocycles. The summed E-state index contributed by atoms with van der Waals surface area (Å²) in [6.07, 6.45) is 2.41. The van der Waals surface area contributed by atoms with Gasteiger partial charge in [0, 0.05) is 36.3 Å². The number of nitrogens with zero attached hydrogens (tertiary/aromatic N) is 1. The maximum absolute atomic E-state index is 12.2. The van der Waals surface area contributed by atoms with Gasteiger partial charge in [-0.25, -0.2) is 0 Å². The molecule has 1 fully saturated rings. The van der Waals surface area contributed by atoms with E-state index in [0.717, 1.165) is 29.9 Å². The predicted molar refractivity (Wildman–Crippen MR) is 113 cm³/mol. The maximum Gasteiger partial charge on any atom is 0.227 e. The minimum absolute atomic E-state index is 0.0171. The second-order valence-electron chi connectivity index (χ2n) is 7.23. The van der Waals surface area contributed by atoms with Gasteiger partial charge in [-0.15, -0.1) is 0 Å². The van der Waals surface area contributed by atoms with Crippen LogP contribution in [0.3, 0.4) is 0 Å². The Hall–Kier alpha value is -3.15. The molecule has 0 aliphatic carbocycles. The molecule has 1 saturated heterocycles. The summed E-state index contributed by atoms with van der Waals surface area (Å²) in [7, 11) is 0. The van der Waals surface area contributed by atoms with Crippen LogP contribution >= 0.6 is 0 Å². The van der Waals surface area contributed by atoms with Crippen LogP contribution in [0.5, 0.6) is 5.75 Å². The number of hydrogen-bond donors (Lipinski definition) is 1. The predicted octanol–water partition coefficient (Wildman–Crippen LogP) is 4.12. The third-order valence-corrected chi connectivity index (χ3v) is 4.92. The first-order valence-electron chi connectivity index (χ1n) is 9.89. The lowest BCUT2D eigenvalue weighted by molar-refractivity contribution is -0.117. The topological polar surface area (TPSA) is 75.7 Å². The standard InChI is InChI=1S/C23H26N2O4/c1-16-15-19(9-12-21(16)25-13-3-6-23(25)28)24-22(27)5-4-14-29-20-10-7-18(8-11-20)17(2)26/h7-12,15H,3-6,13-14H2,1-2H3,(H,24,27). The van der Waals surface area contributed by atoms with Crippen molar-refractivity contribution < 1.29 is 19.1 Å². The first-order valence-corrected chi connectivity index (χ1v) is 9.89. The Balaban J connectivity index is 1.44. The number of amides is 2. The quantitative estimate of drug-likeness (QED) is 0.540. The molecule has 2 aromatic carbocycles. The van der Waals surface area contributed by atoms with Crippen LogP contribution in [0.4, 0.5) is 11.4 Å². The Morgan fingerprint density at radius 1 is 1.14 bits per heavy atom. The van der Waals surface area contributed by atoms with Gasteiger partial charge in [0.2, 0.25) is 11.8 Å². The lowest BCUT2D eigenvalue weighted by Crippen LogP contribution is -2.24. The molecule has 0 aromatic heterocycles. The van der Waals surface area contributed by atoms with Gasteiger partial charge in [-0.05, 0) is 74.7 Å². The van der Waals surface area contributed by atoms with E-state index < -0.39 is 0 Å². The van der Waals surface area contributed by atoms with Crippen LogP contribution in [-0.2, 0) is 9.59 Å². The summed E-state index contributed by atoms with van der Waals surface area (Å²) in [5, 5.41) is 2.89. The van der Waals surface area contributed by atoms with Crippen molar-refractivity contribution in [1.29, 1.82) is 0 Å². The normalized spacial score (nSPS) is 13.4. The van der Waals surface area contributed by atoms with Crippen molar-refractivity contribution in [3.05, 3.63) is 53.6 Å². The molecule has 1 aliphatic rings. The second kappa shape index (κ2) is 9.37. The maximum atomic E-state index is 12.2. The van der Waals surface area contributed by atoms with Crippen LogP contribution in [0.25, 0.3) is 0 Å². The highest BCUT2D eigenvalue weighted by Gasteiger charge is 2.23. The van der Waals surface area contributed by atoms with Crippen LogP contribution in [0.1, 0.15) is 48.5 Å². The Morgan fingerprint density at radius 3 is 2.52 bits per heavy atom. The second-order valence-corrected chi connectivity index (χ2v) is 7.23. The molecule has 0 atom stereocenters. The minimum atomic E-state index is -0.0788. The Bertz CT molecular complexity index is 906. The molecule has 0 spiro atoms. The number of carbonyl (C=O) groups excluding carboxylic acids is 3. The van der Waals surface area contributed by atoms with E-state index in [-0.39, 0.29) is 17.6 Å². The van der Waals surface area contributed by atoms with E-state index >= 15 is 0 Å². The average Bonchev–Trinajstić information content (AvgIpc) is 3.11. The summed E-state index contributed by atoms with van der Waals surface area (Å²) in [5.41, 5.74) is 3.25. The lowest BCUT2D eigenvalue weighted by Gasteiger charge is -2.19. The van der Waals surface area contributed by atoms with Crippen molar-refractivity contribution >= 4 is 29.0 Å². The molecule has 152 valence electrons. The van der Waals surface area contributed by atoms with Gasteiger partial charge in [-0.1, -0.05) is 0 Å². The summed E-state index contributed by atoms with van der Waals surface area (Å²) in [6, 6.07) is 12.6. The van der Waals surface area contributed by atoms with Crippen molar-refractivity contribution in [2.24, 2.45) is 0 Å². The number of nitrogens with one attached hydrogen (secondary N) is 1. The zero-order chi connectivity index (χ0) is 20.8. The highest BCUT2D eigenvalue weighted by molar-refractivity contribution is 5.97. The van der Waals surface area contributed by atoms with Crippen molar-refractivity contribution in [1.82, 2.24) is 0 Å². The summed E-state index contributed by atoms with van der Waals surface area (Å²) < 4.78 is 5.61. The van der Waals surface area contributed by atoms with Gasteiger partial charge in [-0.3, -0.25) is 14.4 Å². The molecular weight excluding hydrogens is 368 g/mol. The number of Topliss-reactive ketones (excluding diaryl/α,β-unsaturated/α-hetero) is 1. The van der Waals surface area contributed by atoms with E-state index in [2.05, 4.69) is 5.32 Å². The van der Waals surface area contributed by atoms with Crippen LogP contribution in [0, 0.1) is 6.92 Å². The zero-order valence-electron chi connectivity index (χ0n) is 16.9. The van der Waals surface area contributed by atoms with Gasteiger partial charge in [0.1, 0.15) is 5.75 Å². The van der Waals surface area contributed by atoms with E-state index in [9.17, 15) is 14.4 Å². The fourth-order valence-corrected chi connectivity index (χ4v) is 3.37. The number of carbonyl (C=O) groups is 3. The zero-order valence-corrected chi connectivity index (χ0v) is 16.9. The highest BCUT2D eigenvalue weighted by Crippen LogP contribution is 2.27. The number of aryl methyl sites for hydroxylation is 1. The molecular formula is C23H26N2O4. The Kier molecular flexibility index (Phi) is 6.65. The van der Waals surface area contributed by atoms with Gasteiger partial charge >= 0.3 is 0 Å². The van der Waals surface area contributed by atoms with Crippen molar-refractivity contribution in [3.8, 4) is 5.75 Å². The van der Waals surface area contributed by atoms with Crippen LogP contribution in [0.15, 0.2) is 42.5 Å². The number of anilines is 2. The molecule has 1 N–H and O–H groups in total. The van der Waals surface area contributed by atoms with Crippen molar-refractivity contribution in [2.75, 3.05) is 23.4 Å². The van der Waals surface area contributed by atoms with Crippen LogP contribution in [0.2, 0.25) is 0 Å². The van der Waals surface area contributed by atoms with E-state index in [4.69, 9.17) is 4.74 Å². The molecule has 0 radical (unpaired) electrons. The smallest absolute Gasteiger partial charge is 0.227 e. The van der Waals surface area contributed by atoms with Crippen LogP contribution in [-0.4, -0.2) is 30.7 Å². The SMILES string of the molecule is CC(=O)c1ccc(OCCCC(=O)Nc2ccc(N3CCCC3=O)c(C)c2)cc1. The number of ether oxygens (including phenoxy) is 1. The number of hydrogen-bond acceptors (Lipinski definition) is 4. The third-order valence-electron chi connectivity index (χ3n) is 4.92. The fraction of sp³-hybridized carbons (Fsp3) is 0.348. The van der Waals surface area contributed by atoms with Gasteiger partial charge in [0.25, 0.3) is 0 Å². The average molecular weight is 394 g/mol. The van der Waals surface area contributed by atoms with Crippen molar-refractivity contribution in [2.45, 2.75) is 39.5 Å². The molecule has 2 amide bonds. The summed E-state index contributed by atoms with van der Waals surface area (Å²) in [6.45, 7) is 4.64. The van der Waals surface area contributed by atoms with E-state index in [1.807, 2.05) is 25.1 Å². The minimum Gasteiger partial charge on any atom is -0.494 e. The number of benzene rings is 2. The molecule has 1 heterocycles. The van der Waals surface area contributed by atoms with Gasteiger partial charge in [0.15, 0.2) is 5.78 Å². The monoisotopic (exact) mass is 394 g/mol. The largest absolute Gasteiger partial charge is 0.494 e. The molecule has 6 nitrogen and oxygen atoms in total.